The van der Waals surface area contributed by atoms with Gasteiger partial charge in [-0.25, -0.2) is 0 Å². The van der Waals surface area contributed by atoms with Crippen molar-refractivity contribution in [3.05, 3.63) is 53.6 Å². The molecule has 2 aromatic rings. The van der Waals surface area contributed by atoms with Crippen molar-refractivity contribution in [2.24, 2.45) is 0 Å². The molecule has 2 rings (SSSR count). The minimum absolute atomic E-state index is 0.741. The fraction of sp³-hybridized carbons (Fsp3) is 0.294. The largest absolute Gasteiger partial charge is 0.497 e. The van der Waals surface area contributed by atoms with E-state index in [-0.39, 0.29) is 0 Å². The van der Waals surface area contributed by atoms with Crippen LogP contribution in [0.5, 0.6) is 11.5 Å². The van der Waals surface area contributed by atoms with Gasteiger partial charge in [0.05, 0.1) is 14.2 Å². The lowest BCUT2D eigenvalue weighted by atomic mass is 10.1. The molecular weight excluding hydrogens is 250 g/mol. The molecule has 0 unspecified atom stereocenters. The zero-order valence-corrected chi connectivity index (χ0v) is 12.3. The van der Waals surface area contributed by atoms with E-state index < -0.39 is 0 Å². The summed E-state index contributed by atoms with van der Waals surface area (Å²) in [7, 11) is 3.33. The van der Waals surface area contributed by atoms with Gasteiger partial charge >= 0.3 is 0 Å². The van der Waals surface area contributed by atoms with Crippen molar-refractivity contribution < 1.29 is 9.47 Å². The van der Waals surface area contributed by atoms with Crippen LogP contribution in [-0.2, 0) is 13.0 Å². The third-order valence-corrected chi connectivity index (χ3v) is 3.29. The lowest BCUT2D eigenvalue weighted by molar-refractivity contribution is 0.393. The predicted octanol–water partition coefficient (Wildman–Crippen LogP) is 3.88. The van der Waals surface area contributed by atoms with Gasteiger partial charge in [0, 0.05) is 18.3 Å². The fourth-order valence-electron chi connectivity index (χ4n) is 2.17. The van der Waals surface area contributed by atoms with Crippen LogP contribution in [0.1, 0.15) is 18.1 Å². The molecule has 2 aromatic carbocycles. The van der Waals surface area contributed by atoms with Crippen LogP contribution in [0.25, 0.3) is 0 Å². The molecule has 0 amide bonds. The molecule has 0 spiro atoms. The van der Waals surface area contributed by atoms with Crippen LogP contribution in [0, 0.1) is 0 Å². The minimum Gasteiger partial charge on any atom is -0.497 e. The van der Waals surface area contributed by atoms with Gasteiger partial charge in [-0.1, -0.05) is 25.1 Å². The van der Waals surface area contributed by atoms with E-state index in [1.54, 1.807) is 14.2 Å². The Morgan fingerprint density at radius 2 is 1.60 bits per heavy atom. The number of para-hydroxylation sites is 1. The van der Waals surface area contributed by atoms with Crippen molar-refractivity contribution in [2.75, 3.05) is 19.5 Å². The third kappa shape index (κ3) is 3.44. The number of ether oxygens (including phenoxy) is 2. The van der Waals surface area contributed by atoms with Gasteiger partial charge in [-0.3, -0.25) is 0 Å². The molecule has 0 heterocycles. The number of rotatable bonds is 6. The molecule has 106 valence electrons. The Labute approximate surface area is 120 Å². The molecule has 0 aliphatic carbocycles. The monoisotopic (exact) mass is 271 g/mol. The molecule has 0 saturated heterocycles. The molecule has 0 aromatic heterocycles. The molecule has 1 N–H and O–H groups in total. The van der Waals surface area contributed by atoms with Gasteiger partial charge in [0.15, 0.2) is 0 Å². The van der Waals surface area contributed by atoms with E-state index in [0.29, 0.717) is 0 Å². The average molecular weight is 271 g/mol. The molecule has 20 heavy (non-hydrogen) atoms. The zero-order valence-electron chi connectivity index (χ0n) is 12.3. The number of benzene rings is 2. The quantitative estimate of drug-likeness (QED) is 0.865. The number of hydrogen-bond acceptors (Lipinski definition) is 3. The van der Waals surface area contributed by atoms with Crippen molar-refractivity contribution in [3.8, 4) is 11.5 Å². The molecule has 0 fully saturated rings. The Kier molecular flexibility index (Phi) is 4.88. The average Bonchev–Trinajstić information content (AvgIpc) is 2.52. The zero-order chi connectivity index (χ0) is 14.4. The molecule has 0 radical (unpaired) electrons. The smallest absolute Gasteiger partial charge is 0.122 e. The first-order chi connectivity index (χ1) is 9.76. The van der Waals surface area contributed by atoms with Crippen molar-refractivity contribution >= 4 is 5.69 Å². The lowest BCUT2D eigenvalue weighted by Gasteiger charge is -2.12. The highest BCUT2D eigenvalue weighted by Crippen LogP contribution is 2.24. The van der Waals surface area contributed by atoms with Gasteiger partial charge in [-0.05, 0) is 35.7 Å². The normalized spacial score (nSPS) is 10.2. The summed E-state index contributed by atoms with van der Waals surface area (Å²) in [6.07, 6.45) is 1.02. The molecule has 3 nitrogen and oxygen atoms in total. The Morgan fingerprint density at radius 3 is 2.20 bits per heavy atom. The summed E-state index contributed by atoms with van der Waals surface area (Å²) in [5, 5.41) is 3.47. The Morgan fingerprint density at radius 1 is 0.950 bits per heavy atom. The fourth-order valence-corrected chi connectivity index (χ4v) is 2.17. The standard InChI is InChI=1S/C17H21NO2/c1-4-14-7-5-6-8-17(14)18-12-13-9-15(19-2)11-16(10-13)20-3/h5-11,18H,4,12H2,1-3H3. The summed E-state index contributed by atoms with van der Waals surface area (Å²) in [6.45, 7) is 2.90. The van der Waals surface area contributed by atoms with E-state index in [0.717, 1.165) is 30.0 Å². The summed E-state index contributed by atoms with van der Waals surface area (Å²) in [5.74, 6) is 1.62. The van der Waals surface area contributed by atoms with Crippen molar-refractivity contribution in [3.63, 3.8) is 0 Å². The van der Waals surface area contributed by atoms with Crippen LogP contribution in [0.15, 0.2) is 42.5 Å². The number of anilines is 1. The molecule has 0 bridgehead atoms. The van der Waals surface area contributed by atoms with Gasteiger partial charge in [-0.2, -0.15) is 0 Å². The second-order valence-electron chi connectivity index (χ2n) is 4.59. The van der Waals surface area contributed by atoms with Crippen LogP contribution >= 0.6 is 0 Å². The third-order valence-electron chi connectivity index (χ3n) is 3.29. The Balaban J connectivity index is 2.14. The van der Waals surface area contributed by atoms with E-state index in [2.05, 4.69) is 30.4 Å². The van der Waals surface area contributed by atoms with Crippen LogP contribution in [0.2, 0.25) is 0 Å². The first-order valence-corrected chi connectivity index (χ1v) is 6.80. The number of nitrogens with one attached hydrogen (secondary N) is 1. The first kappa shape index (κ1) is 14.3. The maximum absolute atomic E-state index is 5.29. The van der Waals surface area contributed by atoms with Crippen molar-refractivity contribution in [2.45, 2.75) is 19.9 Å². The summed E-state index contributed by atoms with van der Waals surface area (Å²) < 4.78 is 10.6. The first-order valence-electron chi connectivity index (χ1n) is 6.80. The number of aryl methyl sites for hydroxylation is 1. The highest BCUT2D eigenvalue weighted by Gasteiger charge is 2.03. The van der Waals surface area contributed by atoms with Gasteiger partial charge in [0.2, 0.25) is 0 Å². The van der Waals surface area contributed by atoms with Crippen molar-refractivity contribution in [1.29, 1.82) is 0 Å². The van der Waals surface area contributed by atoms with Crippen LogP contribution in [-0.4, -0.2) is 14.2 Å². The van der Waals surface area contributed by atoms with Crippen molar-refractivity contribution in [1.82, 2.24) is 0 Å². The second-order valence-corrected chi connectivity index (χ2v) is 4.59. The van der Waals surface area contributed by atoms with E-state index in [1.165, 1.54) is 11.3 Å². The topological polar surface area (TPSA) is 30.5 Å². The van der Waals surface area contributed by atoms with Gasteiger partial charge in [-0.15, -0.1) is 0 Å². The second kappa shape index (κ2) is 6.85. The highest BCUT2D eigenvalue weighted by molar-refractivity contribution is 5.52. The van der Waals surface area contributed by atoms with Gasteiger partial charge < -0.3 is 14.8 Å². The summed E-state index contributed by atoms with van der Waals surface area (Å²) in [5.41, 5.74) is 3.63. The lowest BCUT2D eigenvalue weighted by Crippen LogP contribution is -2.02. The maximum atomic E-state index is 5.29. The molecule has 0 saturated carbocycles. The summed E-state index contributed by atoms with van der Waals surface area (Å²) in [4.78, 5) is 0. The van der Waals surface area contributed by atoms with Crippen LogP contribution < -0.4 is 14.8 Å². The van der Waals surface area contributed by atoms with Gasteiger partial charge in [0.1, 0.15) is 11.5 Å². The van der Waals surface area contributed by atoms with E-state index in [4.69, 9.17) is 9.47 Å². The molecule has 0 aliphatic rings. The Hall–Kier alpha value is -2.16. The molecular formula is C17H21NO2. The summed E-state index contributed by atoms with van der Waals surface area (Å²) >= 11 is 0. The minimum atomic E-state index is 0.741. The Bertz CT molecular complexity index is 544. The van der Waals surface area contributed by atoms with Crippen LogP contribution in [0.4, 0.5) is 5.69 Å². The van der Waals surface area contributed by atoms with E-state index in [1.807, 2.05) is 24.3 Å². The van der Waals surface area contributed by atoms with Gasteiger partial charge in [0.25, 0.3) is 0 Å². The molecule has 0 atom stereocenters. The molecule has 3 heteroatoms. The van der Waals surface area contributed by atoms with E-state index in [9.17, 15) is 0 Å². The number of hydrogen-bond donors (Lipinski definition) is 1. The molecule has 0 aliphatic heterocycles. The van der Waals surface area contributed by atoms with Crippen LogP contribution in [0.3, 0.4) is 0 Å². The number of methoxy groups -OCH3 is 2. The van der Waals surface area contributed by atoms with E-state index >= 15 is 0 Å². The maximum Gasteiger partial charge on any atom is 0.122 e. The SMILES string of the molecule is CCc1ccccc1NCc1cc(OC)cc(OC)c1. The predicted molar refractivity (Wildman–Crippen MR) is 82.7 cm³/mol. The summed E-state index contributed by atoms with van der Waals surface area (Å²) in [6, 6.07) is 14.3. The highest BCUT2D eigenvalue weighted by atomic mass is 16.5.